The maximum atomic E-state index is 10.4. The van der Waals surface area contributed by atoms with E-state index in [0.29, 0.717) is 10.0 Å². The van der Waals surface area contributed by atoms with Crippen LogP contribution >= 0.6 is 22.7 Å². The number of carbonyl (C=O) groups is 1. The van der Waals surface area contributed by atoms with Crippen LogP contribution in [0.15, 0.2) is 16.3 Å². The maximum Gasteiger partial charge on any atom is 0.231 e. The summed E-state index contributed by atoms with van der Waals surface area (Å²) in [5, 5.41) is 8.09. The number of rotatable bonds is 2. The second-order valence-electron chi connectivity index (χ2n) is 2.23. The van der Waals surface area contributed by atoms with Gasteiger partial charge >= 0.3 is 0 Å². The first-order chi connectivity index (χ1) is 6.33. The summed E-state index contributed by atoms with van der Waals surface area (Å²) in [5.74, 6) is 0. The Bertz CT molecular complexity index is 439. The summed E-state index contributed by atoms with van der Waals surface area (Å²) in [6.07, 6.45) is 0.833. The normalized spacial score (nSPS) is 11.5. The average molecular weight is 211 g/mol. The molecule has 0 spiro atoms. The molecule has 0 aliphatic carbocycles. The Morgan fingerprint density at radius 3 is 3.00 bits per heavy atom. The highest BCUT2D eigenvalue weighted by atomic mass is 32.1. The number of hydrogen-bond acceptors (Lipinski definition) is 6. The third kappa shape index (κ3) is 1.50. The van der Waals surface area contributed by atoms with E-state index in [1.54, 1.807) is 7.05 Å². The third-order valence-corrected chi connectivity index (χ3v) is 3.37. The number of aromatic nitrogens is 1. The zero-order chi connectivity index (χ0) is 9.26. The molecule has 0 N–H and O–H groups in total. The molecule has 4 nitrogen and oxygen atoms in total. The van der Waals surface area contributed by atoms with Gasteiger partial charge in [0, 0.05) is 7.05 Å². The van der Waals surface area contributed by atoms with E-state index in [-0.39, 0.29) is 0 Å². The predicted octanol–water partition coefficient (Wildman–Crippen LogP) is 2.88. The van der Waals surface area contributed by atoms with Gasteiger partial charge in [0.25, 0.3) is 0 Å². The fourth-order valence-electron chi connectivity index (χ4n) is 0.928. The molecule has 0 bridgehead atoms. The molecule has 0 radical (unpaired) electrons. The lowest BCUT2D eigenvalue weighted by Gasteiger charge is -1.76. The number of carbonyl (C=O) groups excluding carboxylic acids is 1. The molecule has 2 rings (SSSR count). The van der Waals surface area contributed by atoms with E-state index < -0.39 is 0 Å². The summed E-state index contributed by atoms with van der Waals surface area (Å²) in [4.78, 5) is 16.2. The summed E-state index contributed by atoms with van der Waals surface area (Å²) in [6.45, 7) is 0. The molecule has 0 aromatic carbocycles. The van der Waals surface area contributed by atoms with Crippen molar-refractivity contribution in [1.29, 1.82) is 0 Å². The second-order valence-corrected chi connectivity index (χ2v) is 4.30. The predicted molar refractivity (Wildman–Crippen MR) is 53.3 cm³/mol. The van der Waals surface area contributed by atoms with E-state index >= 15 is 0 Å². The highest BCUT2D eigenvalue weighted by molar-refractivity contribution is 7.29. The van der Waals surface area contributed by atoms with Gasteiger partial charge in [-0.1, -0.05) is 11.3 Å². The van der Waals surface area contributed by atoms with Crippen molar-refractivity contribution in [2.24, 2.45) is 10.2 Å². The fourth-order valence-corrected chi connectivity index (χ4v) is 2.82. The van der Waals surface area contributed by atoms with Crippen molar-refractivity contribution in [2.45, 2.75) is 0 Å². The van der Waals surface area contributed by atoms with E-state index in [4.69, 9.17) is 0 Å². The van der Waals surface area contributed by atoms with Gasteiger partial charge in [-0.3, -0.25) is 4.79 Å². The third-order valence-electron chi connectivity index (χ3n) is 1.40. The van der Waals surface area contributed by atoms with E-state index in [2.05, 4.69) is 15.2 Å². The lowest BCUT2D eigenvalue weighted by Crippen LogP contribution is -1.63. The van der Waals surface area contributed by atoms with Crippen LogP contribution in [0, 0.1) is 0 Å². The van der Waals surface area contributed by atoms with Gasteiger partial charge in [0.1, 0.15) is 4.83 Å². The van der Waals surface area contributed by atoms with E-state index in [1.807, 2.05) is 6.07 Å². The van der Waals surface area contributed by atoms with Crippen molar-refractivity contribution >= 4 is 43.6 Å². The van der Waals surface area contributed by atoms with Gasteiger partial charge in [0.15, 0.2) is 6.29 Å². The van der Waals surface area contributed by atoms with Gasteiger partial charge in [-0.25, -0.2) is 4.98 Å². The molecule has 0 amide bonds. The molecule has 6 heteroatoms. The monoisotopic (exact) mass is 211 g/mol. The molecule has 2 aromatic heterocycles. The van der Waals surface area contributed by atoms with Gasteiger partial charge in [-0.05, 0) is 6.07 Å². The van der Waals surface area contributed by atoms with Crippen LogP contribution in [-0.2, 0) is 0 Å². The van der Waals surface area contributed by atoms with Crippen LogP contribution in [0.3, 0.4) is 0 Å². The zero-order valence-corrected chi connectivity index (χ0v) is 8.35. The number of aldehydes is 1. The molecule has 0 unspecified atom stereocenters. The summed E-state index contributed by atoms with van der Waals surface area (Å²) in [7, 11) is 1.60. The molecule has 0 saturated carbocycles. The van der Waals surface area contributed by atoms with E-state index in [9.17, 15) is 4.79 Å². The van der Waals surface area contributed by atoms with Gasteiger partial charge in [0.05, 0.1) is 9.58 Å². The molecule has 66 valence electrons. The molecule has 2 heterocycles. The molecule has 0 aliphatic rings. The van der Waals surface area contributed by atoms with Crippen LogP contribution in [0.2, 0.25) is 0 Å². The Balaban J connectivity index is 2.53. The van der Waals surface area contributed by atoms with Gasteiger partial charge in [0.2, 0.25) is 5.13 Å². The van der Waals surface area contributed by atoms with Crippen molar-refractivity contribution in [3.05, 3.63) is 10.9 Å². The number of thiophene rings is 1. The van der Waals surface area contributed by atoms with E-state index in [1.165, 1.54) is 22.7 Å². The number of nitrogens with zero attached hydrogens (tertiary/aromatic N) is 3. The first-order valence-electron chi connectivity index (χ1n) is 3.49. The van der Waals surface area contributed by atoms with Crippen molar-refractivity contribution in [3.8, 4) is 0 Å². The first kappa shape index (κ1) is 8.46. The molecule has 0 saturated heterocycles. The second kappa shape index (κ2) is 3.31. The Kier molecular flexibility index (Phi) is 2.15. The highest BCUT2D eigenvalue weighted by Crippen LogP contribution is 2.33. The lowest BCUT2D eigenvalue weighted by molar-refractivity contribution is 0.112. The molecule has 0 aliphatic heterocycles. The summed E-state index contributed by atoms with van der Waals surface area (Å²) >= 11 is 2.81. The zero-order valence-electron chi connectivity index (χ0n) is 6.72. The van der Waals surface area contributed by atoms with Crippen molar-refractivity contribution in [1.82, 2.24) is 4.98 Å². The molecule has 0 fully saturated rings. The Hall–Kier alpha value is -1.14. The van der Waals surface area contributed by atoms with Gasteiger partial charge in [-0.2, -0.15) is 5.11 Å². The SMILES string of the molecule is CN=Nc1nc2sc(C=O)cc2s1. The summed E-state index contributed by atoms with van der Waals surface area (Å²) in [5.41, 5.74) is 0. The number of hydrogen-bond donors (Lipinski definition) is 0. The molecule has 13 heavy (non-hydrogen) atoms. The molecular formula is C7H5N3OS2. The smallest absolute Gasteiger partial charge is 0.231 e. The Labute approximate surface area is 82.0 Å². The minimum Gasteiger partial charge on any atom is -0.297 e. The lowest BCUT2D eigenvalue weighted by atomic mass is 10.5. The molecule has 0 atom stereocenters. The maximum absolute atomic E-state index is 10.4. The van der Waals surface area contributed by atoms with Crippen LogP contribution in [0.25, 0.3) is 9.53 Å². The van der Waals surface area contributed by atoms with Crippen LogP contribution in [0.5, 0.6) is 0 Å². The summed E-state index contributed by atoms with van der Waals surface area (Å²) < 4.78 is 0.995. The fraction of sp³-hybridized carbons (Fsp3) is 0.143. The van der Waals surface area contributed by atoms with Crippen LogP contribution in [-0.4, -0.2) is 18.3 Å². The van der Waals surface area contributed by atoms with Crippen molar-refractivity contribution in [3.63, 3.8) is 0 Å². The minimum absolute atomic E-state index is 0.640. The quantitative estimate of drug-likeness (QED) is 0.566. The van der Waals surface area contributed by atoms with E-state index in [0.717, 1.165) is 15.8 Å². The number of fused-ring (bicyclic) bond motifs is 1. The van der Waals surface area contributed by atoms with Crippen LogP contribution in [0.4, 0.5) is 5.13 Å². The van der Waals surface area contributed by atoms with Gasteiger partial charge < -0.3 is 0 Å². The van der Waals surface area contributed by atoms with Crippen LogP contribution < -0.4 is 0 Å². The van der Waals surface area contributed by atoms with Crippen molar-refractivity contribution < 1.29 is 4.79 Å². The Morgan fingerprint density at radius 2 is 2.38 bits per heavy atom. The Morgan fingerprint density at radius 1 is 1.54 bits per heavy atom. The van der Waals surface area contributed by atoms with Crippen LogP contribution in [0.1, 0.15) is 9.67 Å². The molecular weight excluding hydrogens is 206 g/mol. The average Bonchev–Trinajstić information content (AvgIpc) is 2.61. The molecule has 2 aromatic rings. The first-order valence-corrected chi connectivity index (χ1v) is 5.12. The highest BCUT2D eigenvalue weighted by Gasteiger charge is 2.06. The number of azo groups is 1. The van der Waals surface area contributed by atoms with Gasteiger partial charge in [-0.15, -0.1) is 16.5 Å². The number of thiazole rings is 1. The van der Waals surface area contributed by atoms with Crippen molar-refractivity contribution in [2.75, 3.05) is 7.05 Å². The topological polar surface area (TPSA) is 54.7 Å². The standard InChI is InChI=1S/C7H5N3OS2/c1-8-10-7-9-6-5(13-7)2-4(3-11)12-6/h2-3H,1H3. The largest absolute Gasteiger partial charge is 0.297 e. The minimum atomic E-state index is 0.640. The summed E-state index contributed by atoms with van der Waals surface area (Å²) in [6, 6.07) is 1.82.